The van der Waals surface area contributed by atoms with Crippen LogP contribution >= 0.6 is 12.4 Å². The van der Waals surface area contributed by atoms with Gasteiger partial charge in [-0.3, -0.25) is 4.79 Å². The lowest BCUT2D eigenvalue weighted by Crippen LogP contribution is -2.57. The Labute approximate surface area is 123 Å². The second-order valence-electron chi connectivity index (χ2n) is 6.50. The van der Waals surface area contributed by atoms with Gasteiger partial charge in [0.05, 0.1) is 5.54 Å². The van der Waals surface area contributed by atoms with Crippen molar-refractivity contribution in [1.82, 2.24) is 5.32 Å². The summed E-state index contributed by atoms with van der Waals surface area (Å²) < 4.78 is 0. The van der Waals surface area contributed by atoms with Gasteiger partial charge in [0.15, 0.2) is 0 Å². The number of hydrogen-bond acceptors (Lipinski definition) is 2. The molecule has 19 heavy (non-hydrogen) atoms. The highest BCUT2D eigenvalue weighted by atomic mass is 35.5. The van der Waals surface area contributed by atoms with E-state index < -0.39 is 5.54 Å². The topological polar surface area (TPSA) is 55.1 Å². The minimum Gasteiger partial charge on any atom is -0.352 e. The summed E-state index contributed by atoms with van der Waals surface area (Å²) >= 11 is 0. The van der Waals surface area contributed by atoms with E-state index in [1.54, 1.807) is 0 Å². The van der Waals surface area contributed by atoms with Crippen LogP contribution in [0.4, 0.5) is 0 Å². The highest BCUT2D eigenvalue weighted by molar-refractivity contribution is 5.86. The van der Waals surface area contributed by atoms with Gasteiger partial charge >= 0.3 is 0 Å². The van der Waals surface area contributed by atoms with Crippen molar-refractivity contribution in [2.75, 3.05) is 0 Å². The average Bonchev–Trinajstić information content (AvgIpc) is 2.55. The number of amides is 1. The lowest BCUT2D eigenvalue weighted by atomic mass is 9.81. The van der Waals surface area contributed by atoms with Gasteiger partial charge in [0.2, 0.25) is 5.91 Å². The van der Waals surface area contributed by atoms with Gasteiger partial charge in [-0.1, -0.05) is 39.0 Å². The first-order chi connectivity index (χ1) is 8.60. The second kappa shape index (κ2) is 7.49. The Kier molecular flexibility index (Phi) is 6.61. The van der Waals surface area contributed by atoms with Crippen molar-refractivity contribution in [3.63, 3.8) is 0 Å². The van der Waals surface area contributed by atoms with Crippen LogP contribution in [0.2, 0.25) is 0 Å². The zero-order chi connectivity index (χ0) is 13.0. The fourth-order valence-electron chi connectivity index (χ4n) is 3.37. The molecule has 2 rings (SSSR count). The molecule has 0 saturated heterocycles. The van der Waals surface area contributed by atoms with Crippen LogP contribution in [0.15, 0.2) is 0 Å². The predicted octanol–water partition coefficient (Wildman–Crippen LogP) is 3.15. The molecule has 1 amide bonds. The minimum absolute atomic E-state index is 0. The third-order valence-electron chi connectivity index (χ3n) is 4.79. The summed E-state index contributed by atoms with van der Waals surface area (Å²) in [6.45, 7) is 2.32. The van der Waals surface area contributed by atoms with Gasteiger partial charge in [0.25, 0.3) is 0 Å². The Morgan fingerprint density at radius 3 is 2.42 bits per heavy atom. The number of nitrogens with two attached hydrogens (primary N) is 1. The van der Waals surface area contributed by atoms with E-state index >= 15 is 0 Å². The van der Waals surface area contributed by atoms with Crippen LogP contribution in [0, 0.1) is 5.92 Å². The van der Waals surface area contributed by atoms with Crippen molar-refractivity contribution in [1.29, 1.82) is 0 Å². The fraction of sp³-hybridized carbons (Fsp3) is 0.933. The normalized spacial score (nSPS) is 30.8. The summed E-state index contributed by atoms with van der Waals surface area (Å²) in [4.78, 5) is 12.3. The Balaban J connectivity index is 0.00000180. The molecule has 0 radical (unpaired) electrons. The fourth-order valence-corrected chi connectivity index (χ4v) is 3.37. The van der Waals surface area contributed by atoms with E-state index in [0.29, 0.717) is 6.04 Å². The van der Waals surface area contributed by atoms with E-state index in [2.05, 4.69) is 12.2 Å². The number of nitrogens with one attached hydrogen (secondary N) is 1. The van der Waals surface area contributed by atoms with Gasteiger partial charge in [-0.25, -0.2) is 0 Å². The molecule has 0 aromatic heterocycles. The van der Waals surface area contributed by atoms with E-state index in [0.717, 1.165) is 44.4 Å². The quantitative estimate of drug-likeness (QED) is 0.767. The molecule has 2 aliphatic rings. The average molecular weight is 289 g/mol. The maximum absolute atomic E-state index is 12.3. The summed E-state index contributed by atoms with van der Waals surface area (Å²) in [5, 5.41) is 3.23. The van der Waals surface area contributed by atoms with E-state index in [4.69, 9.17) is 5.73 Å². The maximum atomic E-state index is 12.3. The van der Waals surface area contributed by atoms with Crippen LogP contribution in [-0.2, 0) is 4.79 Å². The Morgan fingerprint density at radius 2 is 1.74 bits per heavy atom. The van der Waals surface area contributed by atoms with Gasteiger partial charge in [0, 0.05) is 6.04 Å². The smallest absolute Gasteiger partial charge is 0.240 e. The molecule has 3 N–H and O–H groups in total. The lowest BCUT2D eigenvalue weighted by Gasteiger charge is -2.33. The molecule has 0 bridgehead atoms. The first-order valence-corrected chi connectivity index (χ1v) is 7.70. The van der Waals surface area contributed by atoms with Gasteiger partial charge < -0.3 is 11.1 Å². The van der Waals surface area contributed by atoms with Crippen LogP contribution in [0.25, 0.3) is 0 Å². The summed E-state index contributed by atoms with van der Waals surface area (Å²) in [6, 6.07) is 0.366. The molecule has 2 unspecified atom stereocenters. The molecule has 4 heteroatoms. The van der Waals surface area contributed by atoms with Crippen molar-refractivity contribution >= 4 is 18.3 Å². The number of carbonyl (C=O) groups excluding carboxylic acids is 1. The van der Waals surface area contributed by atoms with Gasteiger partial charge in [-0.2, -0.15) is 0 Å². The van der Waals surface area contributed by atoms with Crippen molar-refractivity contribution in [2.24, 2.45) is 11.7 Å². The number of rotatable bonds is 2. The molecule has 0 aliphatic heterocycles. The van der Waals surface area contributed by atoms with Crippen LogP contribution in [-0.4, -0.2) is 17.5 Å². The minimum atomic E-state index is -0.573. The summed E-state index contributed by atoms with van der Waals surface area (Å²) in [6.07, 6.45) is 11.2. The molecule has 112 valence electrons. The van der Waals surface area contributed by atoms with Crippen LogP contribution < -0.4 is 11.1 Å². The third kappa shape index (κ3) is 4.64. The van der Waals surface area contributed by atoms with E-state index in [-0.39, 0.29) is 18.3 Å². The van der Waals surface area contributed by atoms with Crippen molar-refractivity contribution < 1.29 is 4.79 Å². The Bertz CT molecular complexity index is 290. The van der Waals surface area contributed by atoms with Crippen molar-refractivity contribution in [3.05, 3.63) is 0 Å². The first-order valence-electron chi connectivity index (χ1n) is 7.70. The highest BCUT2D eigenvalue weighted by Crippen LogP contribution is 2.27. The molecular weight excluding hydrogens is 260 g/mol. The van der Waals surface area contributed by atoms with E-state index in [1.807, 2.05) is 0 Å². The third-order valence-corrected chi connectivity index (χ3v) is 4.79. The SMILES string of the molecule is CC1CCCC(NC(=O)C2(N)CCCCC2)CC1.Cl. The molecule has 0 spiro atoms. The molecule has 0 aromatic carbocycles. The van der Waals surface area contributed by atoms with Crippen molar-refractivity contribution in [3.8, 4) is 0 Å². The van der Waals surface area contributed by atoms with Crippen molar-refractivity contribution in [2.45, 2.75) is 82.7 Å². The highest BCUT2D eigenvalue weighted by Gasteiger charge is 2.36. The first kappa shape index (κ1) is 16.8. The molecule has 2 atom stereocenters. The van der Waals surface area contributed by atoms with E-state index in [1.165, 1.54) is 25.7 Å². The number of hydrogen-bond donors (Lipinski definition) is 2. The molecule has 0 heterocycles. The van der Waals surface area contributed by atoms with Gasteiger partial charge in [-0.05, 0) is 38.0 Å². The molecule has 3 nitrogen and oxygen atoms in total. The molecule has 2 saturated carbocycles. The summed E-state index contributed by atoms with van der Waals surface area (Å²) in [5.74, 6) is 0.926. The zero-order valence-corrected chi connectivity index (χ0v) is 12.9. The second-order valence-corrected chi connectivity index (χ2v) is 6.50. The Hall–Kier alpha value is -0.280. The van der Waals surface area contributed by atoms with Crippen LogP contribution in [0.3, 0.4) is 0 Å². The molecular formula is C15H29ClN2O. The predicted molar refractivity (Wildman–Crippen MR) is 81.4 cm³/mol. The lowest BCUT2D eigenvalue weighted by molar-refractivity contribution is -0.128. The molecule has 2 fully saturated rings. The molecule has 2 aliphatic carbocycles. The standard InChI is InChI=1S/C15H28N2O.ClH/c1-12-6-5-7-13(9-8-12)17-14(18)15(16)10-3-2-4-11-15;/h12-13H,2-11,16H2,1H3,(H,17,18);1H. The van der Waals surface area contributed by atoms with Crippen LogP contribution in [0.1, 0.15) is 71.1 Å². The zero-order valence-electron chi connectivity index (χ0n) is 12.1. The van der Waals surface area contributed by atoms with Crippen LogP contribution in [0.5, 0.6) is 0 Å². The van der Waals surface area contributed by atoms with Gasteiger partial charge in [0.1, 0.15) is 0 Å². The summed E-state index contributed by atoms with van der Waals surface area (Å²) in [7, 11) is 0. The summed E-state index contributed by atoms with van der Waals surface area (Å²) in [5.41, 5.74) is 5.70. The monoisotopic (exact) mass is 288 g/mol. The largest absolute Gasteiger partial charge is 0.352 e. The van der Waals surface area contributed by atoms with Gasteiger partial charge in [-0.15, -0.1) is 12.4 Å². The number of halogens is 1. The Morgan fingerprint density at radius 1 is 1.05 bits per heavy atom. The van der Waals surface area contributed by atoms with E-state index in [9.17, 15) is 4.79 Å². The molecule has 0 aromatic rings. The maximum Gasteiger partial charge on any atom is 0.240 e. The number of carbonyl (C=O) groups is 1.